The van der Waals surface area contributed by atoms with Crippen LogP contribution < -0.4 is 10.6 Å². The Labute approximate surface area is 140 Å². The fourth-order valence-corrected chi connectivity index (χ4v) is 2.00. The molecule has 0 bridgehead atoms. The minimum absolute atomic E-state index is 0.0771. The van der Waals surface area contributed by atoms with Crippen molar-refractivity contribution in [2.75, 3.05) is 10.6 Å². The number of benzene rings is 2. The van der Waals surface area contributed by atoms with Crippen molar-refractivity contribution in [3.05, 3.63) is 77.9 Å². The van der Waals surface area contributed by atoms with E-state index in [0.29, 0.717) is 5.69 Å². The van der Waals surface area contributed by atoms with Gasteiger partial charge in [0.15, 0.2) is 0 Å². The van der Waals surface area contributed by atoms with Crippen molar-refractivity contribution in [3.63, 3.8) is 0 Å². The van der Waals surface area contributed by atoms with Crippen molar-refractivity contribution in [3.8, 4) is 0 Å². The van der Waals surface area contributed by atoms with E-state index in [1.54, 1.807) is 0 Å². The third-order valence-corrected chi connectivity index (χ3v) is 3.19. The molecular formula is C17H11F3N4O. The van der Waals surface area contributed by atoms with Gasteiger partial charge in [0.1, 0.15) is 28.8 Å². The Kier molecular flexibility index (Phi) is 4.60. The van der Waals surface area contributed by atoms with Crippen LogP contribution in [0.2, 0.25) is 0 Å². The lowest BCUT2D eigenvalue weighted by molar-refractivity contribution is 0.102. The van der Waals surface area contributed by atoms with E-state index in [2.05, 4.69) is 20.6 Å². The smallest absolute Gasteiger partial charge is 0.274 e. The van der Waals surface area contributed by atoms with Crippen LogP contribution in [0.3, 0.4) is 0 Å². The van der Waals surface area contributed by atoms with Crippen LogP contribution in [-0.2, 0) is 0 Å². The summed E-state index contributed by atoms with van der Waals surface area (Å²) >= 11 is 0. The van der Waals surface area contributed by atoms with Gasteiger partial charge >= 0.3 is 0 Å². The van der Waals surface area contributed by atoms with Crippen LogP contribution in [0, 0.1) is 17.5 Å². The van der Waals surface area contributed by atoms with Gasteiger partial charge in [0.25, 0.3) is 5.91 Å². The lowest BCUT2D eigenvalue weighted by Gasteiger charge is -2.08. The quantitative estimate of drug-likeness (QED) is 0.753. The Morgan fingerprint density at radius 3 is 2.28 bits per heavy atom. The van der Waals surface area contributed by atoms with E-state index in [-0.39, 0.29) is 11.6 Å². The first-order valence-electron chi connectivity index (χ1n) is 7.14. The monoisotopic (exact) mass is 344 g/mol. The van der Waals surface area contributed by atoms with Crippen LogP contribution in [0.1, 0.15) is 10.5 Å². The second-order valence-electron chi connectivity index (χ2n) is 4.95. The molecule has 1 heterocycles. The first kappa shape index (κ1) is 16.4. The van der Waals surface area contributed by atoms with E-state index in [9.17, 15) is 18.0 Å². The minimum atomic E-state index is -0.896. The summed E-state index contributed by atoms with van der Waals surface area (Å²) in [5, 5.41) is 4.93. The van der Waals surface area contributed by atoms with Gasteiger partial charge < -0.3 is 10.6 Å². The number of nitrogens with one attached hydrogen (secondary N) is 2. The molecule has 0 aliphatic carbocycles. The largest absolute Gasteiger partial charge is 0.324 e. The molecule has 0 spiro atoms. The van der Waals surface area contributed by atoms with E-state index >= 15 is 0 Å². The van der Waals surface area contributed by atoms with Gasteiger partial charge in [-0.3, -0.25) is 4.79 Å². The zero-order valence-electron chi connectivity index (χ0n) is 12.6. The maximum atomic E-state index is 13.6. The summed E-state index contributed by atoms with van der Waals surface area (Å²) in [5.74, 6) is -2.91. The summed E-state index contributed by atoms with van der Waals surface area (Å²) in [6.45, 7) is 0. The van der Waals surface area contributed by atoms with Crippen molar-refractivity contribution in [1.82, 2.24) is 9.97 Å². The fourth-order valence-electron chi connectivity index (χ4n) is 2.00. The van der Waals surface area contributed by atoms with E-state index in [1.807, 2.05) is 0 Å². The van der Waals surface area contributed by atoms with Gasteiger partial charge in [0.2, 0.25) is 5.95 Å². The Morgan fingerprint density at radius 2 is 1.60 bits per heavy atom. The molecule has 3 aromatic rings. The molecule has 1 amide bonds. The predicted molar refractivity (Wildman–Crippen MR) is 86.0 cm³/mol. The predicted octanol–water partition coefficient (Wildman–Crippen LogP) is 3.89. The number of amides is 1. The van der Waals surface area contributed by atoms with E-state index in [4.69, 9.17) is 0 Å². The van der Waals surface area contributed by atoms with Crippen LogP contribution in [0.5, 0.6) is 0 Å². The van der Waals surface area contributed by atoms with E-state index < -0.39 is 29.0 Å². The number of halogens is 3. The van der Waals surface area contributed by atoms with E-state index in [1.165, 1.54) is 42.6 Å². The third-order valence-electron chi connectivity index (χ3n) is 3.19. The molecule has 2 N–H and O–H groups in total. The van der Waals surface area contributed by atoms with Crippen molar-refractivity contribution in [1.29, 1.82) is 0 Å². The molecule has 0 fully saturated rings. The van der Waals surface area contributed by atoms with Crippen molar-refractivity contribution in [2.45, 2.75) is 0 Å². The lowest BCUT2D eigenvalue weighted by atomic mass is 10.2. The number of aromatic nitrogens is 2. The van der Waals surface area contributed by atoms with Gasteiger partial charge in [-0.05, 0) is 42.5 Å². The van der Waals surface area contributed by atoms with Crippen molar-refractivity contribution in [2.24, 2.45) is 0 Å². The standard InChI is InChI=1S/C17H11F3N4O/c18-10-4-6-11(7-5-10)22-17-21-9-8-14(23-17)16(25)24-15-12(19)2-1-3-13(15)20/h1-9H,(H,24,25)(H,21,22,23). The summed E-state index contributed by atoms with van der Waals surface area (Å²) in [6, 6.07) is 9.99. The number of carbonyl (C=O) groups excluding carboxylic acids is 1. The van der Waals surface area contributed by atoms with Gasteiger partial charge in [-0.1, -0.05) is 6.07 Å². The van der Waals surface area contributed by atoms with Gasteiger partial charge in [0.05, 0.1) is 0 Å². The molecule has 8 heteroatoms. The molecule has 25 heavy (non-hydrogen) atoms. The first-order valence-corrected chi connectivity index (χ1v) is 7.14. The Hall–Kier alpha value is -3.42. The fraction of sp³-hybridized carbons (Fsp3) is 0. The highest BCUT2D eigenvalue weighted by atomic mass is 19.1. The summed E-state index contributed by atoms with van der Waals surface area (Å²) in [4.78, 5) is 20.1. The zero-order chi connectivity index (χ0) is 17.8. The van der Waals surface area contributed by atoms with Crippen molar-refractivity contribution >= 4 is 23.2 Å². The van der Waals surface area contributed by atoms with Gasteiger partial charge in [-0.2, -0.15) is 0 Å². The molecule has 0 saturated heterocycles. The number of carbonyl (C=O) groups is 1. The second kappa shape index (κ2) is 7.00. The maximum Gasteiger partial charge on any atom is 0.274 e. The van der Waals surface area contributed by atoms with Crippen LogP contribution in [0.25, 0.3) is 0 Å². The molecule has 0 unspecified atom stereocenters. The molecule has 0 aliphatic heterocycles. The Bertz CT molecular complexity index is 896. The average Bonchev–Trinajstić information content (AvgIpc) is 2.60. The van der Waals surface area contributed by atoms with Crippen LogP contribution in [0.15, 0.2) is 54.7 Å². The number of rotatable bonds is 4. The number of anilines is 3. The Morgan fingerprint density at radius 1 is 0.920 bits per heavy atom. The van der Waals surface area contributed by atoms with Crippen molar-refractivity contribution < 1.29 is 18.0 Å². The number of para-hydroxylation sites is 1. The molecule has 126 valence electrons. The maximum absolute atomic E-state index is 13.6. The van der Waals surface area contributed by atoms with Crippen LogP contribution >= 0.6 is 0 Å². The van der Waals surface area contributed by atoms with Crippen LogP contribution in [0.4, 0.5) is 30.5 Å². The molecular weight excluding hydrogens is 333 g/mol. The van der Waals surface area contributed by atoms with E-state index in [0.717, 1.165) is 12.1 Å². The number of hydrogen-bond acceptors (Lipinski definition) is 4. The van der Waals surface area contributed by atoms with Gasteiger partial charge in [0, 0.05) is 11.9 Å². The molecule has 2 aromatic carbocycles. The minimum Gasteiger partial charge on any atom is -0.324 e. The van der Waals surface area contributed by atoms with Gasteiger partial charge in [-0.15, -0.1) is 0 Å². The highest BCUT2D eigenvalue weighted by Gasteiger charge is 2.15. The summed E-state index contributed by atoms with van der Waals surface area (Å²) in [6.07, 6.45) is 1.31. The molecule has 0 radical (unpaired) electrons. The summed E-state index contributed by atoms with van der Waals surface area (Å²) < 4.78 is 40.1. The molecule has 5 nitrogen and oxygen atoms in total. The van der Waals surface area contributed by atoms with Gasteiger partial charge in [-0.25, -0.2) is 23.1 Å². The first-order chi connectivity index (χ1) is 12.0. The third kappa shape index (κ3) is 3.92. The van der Waals surface area contributed by atoms with Crippen LogP contribution in [-0.4, -0.2) is 15.9 Å². The second-order valence-corrected chi connectivity index (χ2v) is 4.95. The highest BCUT2D eigenvalue weighted by Crippen LogP contribution is 2.19. The number of nitrogens with zero attached hydrogens (tertiary/aromatic N) is 2. The Balaban J connectivity index is 1.78. The zero-order valence-corrected chi connectivity index (χ0v) is 12.6. The SMILES string of the molecule is O=C(Nc1c(F)cccc1F)c1ccnc(Nc2ccc(F)cc2)n1. The number of hydrogen-bond donors (Lipinski definition) is 2. The molecule has 0 saturated carbocycles. The molecule has 3 rings (SSSR count). The lowest BCUT2D eigenvalue weighted by Crippen LogP contribution is -2.16. The summed E-state index contributed by atoms with van der Waals surface area (Å²) in [7, 11) is 0. The topological polar surface area (TPSA) is 66.9 Å². The molecule has 0 aliphatic rings. The summed E-state index contributed by atoms with van der Waals surface area (Å²) in [5.41, 5.74) is -0.138. The normalized spacial score (nSPS) is 10.4. The highest BCUT2D eigenvalue weighted by molar-refractivity contribution is 6.03. The molecule has 0 atom stereocenters. The average molecular weight is 344 g/mol. The molecule has 1 aromatic heterocycles.